The number of nitrogens with zero attached hydrogens (tertiary/aromatic N) is 5. The van der Waals surface area contributed by atoms with Gasteiger partial charge in [0.05, 0.1) is 42.9 Å². The summed E-state index contributed by atoms with van der Waals surface area (Å²) in [5.74, 6) is 1.16. The standard InChI is InChI=1S/C30H43ClN8O2/c1-20(2)29(33)27(18-35-24-5-7-25(8-6-24)39-10-12-40-13-11-39)38-30-36-16-23(17-37-30)22-4-9-26(31)28(14-22)41-21(3)15-34-19-32/h4,9,14,16-21,24-25H,5-8,10-13,15,33H2,1-3H3,(H2,32,34)(H,36,37,38)/b29-27+,35-18?/t21-,24?,25?/m0/s1. The van der Waals surface area contributed by atoms with Gasteiger partial charge in [-0.15, -0.1) is 0 Å². The molecule has 1 aliphatic heterocycles. The molecule has 0 amide bonds. The number of aromatic nitrogens is 2. The zero-order valence-corrected chi connectivity index (χ0v) is 25.1. The third kappa shape index (κ3) is 8.89. The van der Waals surface area contributed by atoms with Gasteiger partial charge in [0, 0.05) is 49.0 Å². The summed E-state index contributed by atoms with van der Waals surface area (Å²) in [6.45, 7) is 10.2. The third-order valence-corrected chi connectivity index (χ3v) is 7.85. The van der Waals surface area contributed by atoms with Crippen molar-refractivity contribution < 1.29 is 9.47 Å². The number of rotatable bonds is 11. The second-order valence-electron chi connectivity index (χ2n) is 10.9. The number of halogens is 1. The van der Waals surface area contributed by atoms with Crippen molar-refractivity contribution in [2.75, 3.05) is 38.2 Å². The minimum atomic E-state index is -0.177. The highest BCUT2D eigenvalue weighted by Gasteiger charge is 2.26. The van der Waals surface area contributed by atoms with Crippen molar-refractivity contribution in [1.82, 2.24) is 14.9 Å². The molecule has 1 saturated carbocycles. The SMILES string of the molecule is CC(C)/C(N)=C(/C=NC1CCC(N2CCOCC2)CC1)Nc1ncc(-c2ccc(Cl)c(O[C@@H](C)CN=CN)c2)cn1. The largest absolute Gasteiger partial charge is 0.487 e. The van der Waals surface area contributed by atoms with Gasteiger partial charge < -0.3 is 26.3 Å². The second-order valence-corrected chi connectivity index (χ2v) is 11.3. The summed E-state index contributed by atoms with van der Waals surface area (Å²) in [4.78, 5) is 20.6. The molecule has 10 nitrogen and oxygen atoms in total. The number of benzene rings is 1. The number of morpholine rings is 1. The first-order valence-electron chi connectivity index (χ1n) is 14.4. The van der Waals surface area contributed by atoms with E-state index < -0.39 is 0 Å². The van der Waals surface area contributed by atoms with Crippen LogP contribution in [0.2, 0.25) is 5.02 Å². The molecule has 2 aliphatic rings. The smallest absolute Gasteiger partial charge is 0.227 e. The highest BCUT2D eigenvalue weighted by Crippen LogP contribution is 2.31. The lowest BCUT2D eigenvalue weighted by atomic mass is 9.90. The van der Waals surface area contributed by atoms with Gasteiger partial charge in [-0.3, -0.25) is 14.9 Å². The zero-order valence-electron chi connectivity index (χ0n) is 24.3. The monoisotopic (exact) mass is 582 g/mol. The molecule has 222 valence electrons. The maximum atomic E-state index is 6.48. The maximum absolute atomic E-state index is 6.48. The van der Waals surface area contributed by atoms with E-state index in [0.29, 0.717) is 35.3 Å². The Morgan fingerprint density at radius 3 is 2.51 bits per heavy atom. The van der Waals surface area contributed by atoms with Crippen LogP contribution in [-0.2, 0) is 4.74 Å². The van der Waals surface area contributed by atoms with Gasteiger partial charge in [0.25, 0.3) is 0 Å². The van der Waals surface area contributed by atoms with Gasteiger partial charge in [0.15, 0.2) is 0 Å². The molecule has 2 fully saturated rings. The van der Waals surface area contributed by atoms with E-state index >= 15 is 0 Å². The molecular weight excluding hydrogens is 540 g/mol. The lowest BCUT2D eigenvalue weighted by Crippen LogP contribution is -2.45. The van der Waals surface area contributed by atoms with Crippen molar-refractivity contribution in [3.05, 3.63) is 47.0 Å². The van der Waals surface area contributed by atoms with E-state index in [-0.39, 0.29) is 12.0 Å². The van der Waals surface area contributed by atoms with E-state index in [9.17, 15) is 0 Å². The minimum Gasteiger partial charge on any atom is -0.487 e. The molecule has 0 spiro atoms. The van der Waals surface area contributed by atoms with Crippen molar-refractivity contribution >= 4 is 30.1 Å². The van der Waals surface area contributed by atoms with Crippen LogP contribution in [0.15, 0.2) is 52.0 Å². The summed E-state index contributed by atoms with van der Waals surface area (Å²) < 4.78 is 11.5. The number of nitrogens with one attached hydrogen (secondary N) is 1. The molecule has 0 unspecified atom stereocenters. The van der Waals surface area contributed by atoms with Crippen LogP contribution in [0.1, 0.15) is 46.5 Å². The van der Waals surface area contributed by atoms with E-state index in [4.69, 9.17) is 37.5 Å². The molecule has 4 rings (SSSR count). The molecule has 2 aromatic rings. The first-order chi connectivity index (χ1) is 19.8. The van der Waals surface area contributed by atoms with Gasteiger partial charge in [-0.2, -0.15) is 0 Å². The van der Waals surface area contributed by atoms with Crippen molar-refractivity contribution in [1.29, 1.82) is 0 Å². The molecule has 1 aromatic carbocycles. The van der Waals surface area contributed by atoms with Crippen molar-refractivity contribution in [3.8, 4) is 16.9 Å². The van der Waals surface area contributed by atoms with Crippen molar-refractivity contribution in [3.63, 3.8) is 0 Å². The van der Waals surface area contributed by atoms with E-state index in [2.05, 4.69) is 39.0 Å². The Bertz CT molecular complexity index is 1200. The summed E-state index contributed by atoms with van der Waals surface area (Å²) in [5.41, 5.74) is 15.0. The quantitative estimate of drug-likeness (QED) is 0.260. The van der Waals surface area contributed by atoms with Gasteiger partial charge in [0.2, 0.25) is 5.95 Å². The highest BCUT2D eigenvalue weighted by atomic mass is 35.5. The summed E-state index contributed by atoms with van der Waals surface area (Å²) in [5, 5.41) is 3.81. The Kier molecular flexibility index (Phi) is 11.4. The molecule has 0 bridgehead atoms. The van der Waals surface area contributed by atoms with Crippen LogP contribution in [0, 0.1) is 5.92 Å². The van der Waals surface area contributed by atoms with Gasteiger partial charge >= 0.3 is 0 Å². The number of anilines is 1. The molecular formula is C30H43ClN8O2. The topological polar surface area (TPSA) is 136 Å². The molecule has 0 radical (unpaired) electrons. The van der Waals surface area contributed by atoms with Crippen molar-refractivity contribution in [2.24, 2.45) is 27.4 Å². The highest BCUT2D eigenvalue weighted by molar-refractivity contribution is 6.32. The molecule has 41 heavy (non-hydrogen) atoms. The Morgan fingerprint density at radius 1 is 1.15 bits per heavy atom. The maximum Gasteiger partial charge on any atom is 0.227 e. The fourth-order valence-corrected chi connectivity index (χ4v) is 5.25. The number of aliphatic imine (C=N–C) groups is 2. The molecule has 2 heterocycles. The van der Waals surface area contributed by atoms with E-state index in [1.54, 1.807) is 18.5 Å². The Balaban J connectivity index is 1.40. The lowest BCUT2D eigenvalue weighted by molar-refractivity contribution is 0.00756. The van der Waals surface area contributed by atoms with Crippen LogP contribution in [0.3, 0.4) is 0 Å². The lowest BCUT2D eigenvalue weighted by Gasteiger charge is -2.38. The second kappa shape index (κ2) is 15.1. The molecule has 1 saturated heterocycles. The normalized spacial score (nSPS) is 21.8. The predicted octanol–water partition coefficient (Wildman–Crippen LogP) is 4.50. The number of allylic oxidation sites excluding steroid dienone is 2. The molecule has 1 aliphatic carbocycles. The molecule has 11 heteroatoms. The molecule has 1 atom stereocenters. The van der Waals surface area contributed by atoms with Crippen LogP contribution in [-0.4, -0.2) is 78.5 Å². The first kappa shape index (κ1) is 30.7. The molecule has 1 aromatic heterocycles. The summed E-state index contributed by atoms with van der Waals surface area (Å²) in [6.07, 6.45) is 11.0. The van der Waals surface area contributed by atoms with Gasteiger partial charge in [-0.1, -0.05) is 31.5 Å². The van der Waals surface area contributed by atoms with E-state index in [0.717, 1.165) is 74.5 Å². The fourth-order valence-electron chi connectivity index (χ4n) is 5.08. The number of ether oxygens (including phenoxy) is 2. The van der Waals surface area contributed by atoms with Crippen molar-refractivity contribution in [2.45, 2.75) is 64.6 Å². The van der Waals surface area contributed by atoms with Crippen LogP contribution in [0.25, 0.3) is 11.1 Å². The van der Waals surface area contributed by atoms with Gasteiger partial charge in [0.1, 0.15) is 11.9 Å². The van der Waals surface area contributed by atoms with Gasteiger partial charge in [-0.05, 0) is 56.2 Å². The Hall–Kier alpha value is -3.21. The number of hydrogen-bond acceptors (Lipinski definition) is 9. The van der Waals surface area contributed by atoms with Crippen LogP contribution >= 0.6 is 11.6 Å². The summed E-state index contributed by atoms with van der Waals surface area (Å²) in [6, 6.07) is 6.51. The molecule has 5 N–H and O–H groups in total. The summed E-state index contributed by atoms with van der Waals surface area (Å²) >= 11 is 6.36. The number of nitrogens with two attached hydrogens (primary N) is 2. The van der Waals surface area contributed by atoms with Crippen LogP contribution < -0.4 is 21.5 Å². The van der Waals surface area contributed by atoms with Crippen LogP contribution in [0.5, 0.6) is 5.75 Å². The Labute approximate surface area is 248 Å². The van der Waals surface area contributed by atoms with E-state index in [1.807, 2.05) is 25.3 Å². The fraction of sp³-hybridized carbons (Fsp3) is 0.533. The first-order valence-corrected chi connectivity index (χ1v) is 14.8. The van der Waals surface area contributed by atoms with Crippen LogP contribution in [0.4, 0.5) is 5.95 Å². The predicted molar refractivity (Wildman–Crippen MR) is 167 cm³/mol. The average Bonchev–Trinajstić information content (AvgIpc) is 3.00. The third-order valence-electron chi connectivity index (χ3n) is 7.53. The summed E-state index contributed by atoms with van der Waals surface area (Å²) in [7, 11) is 0. The van der Waals surface area contributed by atoms with E-state index in [1.165, 1.54) is 6.34 Å². The minimum absolute atomic E-state index is 0.144. The zero-order chi connectivity index (χ0) is 29.2. The Morgan fingerprint density at radius 2 is 1.85 bits per heavy atom. The number of hydrogen-bond donors (Lipinski definition) is 3. The average molecular weight is 583 g/mol. The van der Waals surface area contributed by atoms with Gasteiger partial charge in [-0.25, -0.2) is 9.97 Å².